The van der Waals surface area contributed by atoms with E-state index in [1.54, 1.807) is 6.08 Å². The molecule has 34 heavy (non-hydrogen) atoms. The van der Waals surface area contributed by atoms with Crippen LogP contribution in [0.5, 0.6) is 0 Å². The Morgan fingerprint density at radius 1 is 0.676 bits per heavy atom. The number of ether oxygens (including phenoxy) is 4. The van der Waals surface area contributed by atoms with E-state index in [-0.39, 0.29) is 26.4 Å². The first-order valence-electron chi connectivity index (χ1n) is 11.8. The number of aliphatic hydroxyl groups is 3. The van der Waals surface area contributed by atoms with Crippen LogP contribution in [-0.4, -0.2) is 71.8 Å². The monoisotopic (exact) mass is 472 g/mol. The highest BCUT2D eigenvalue weighted by Gasteiger charge is 2.52. The minimum Gasteiger partial charge on any atom is -0.396 e. The van der Waals surface area contributed by atoms with Crippen molar-refractivity contribution in [3.8, 4) is 0 Å². The average Bonchev–Trinajstić information content (AvgIpc) is 2.87. The van der Waals surface area contributed by atoms with Gasteiger partial charge < -0.3 is 34.3 Å². The maximum absolute atomic E-state index is 11.2. The smallest absolute Gasteiger partial charge is 0.115 e. The predicted molar refractivity (Wildman–Crippen MR) is 128 cm³/mol. The van der Waals surface area contributed by atoms with Gasteiger partial charge in [0.2, 0.25) is 0 Å². The highest BCUT2D eigenvalue weighted by molar-refractivity contribution is 5.15. The molecule has 0 bridgehead atoms. The van der Waals surface area contributed by atoms with E-state index in [0.717, 1.165) is 11.1 Å². The molecule has 7 heteroatoms. The number of unbranched alkanes of at least 4 members (excludes halogenated alkanes) is 1. The molecule has 6 atom stereocenters. The van der Waals surface area contributed by atoms with Gasteiger partial charge >= 0.3 is 0 Å². The fourth-order valence-corrected chi connectivity index (χ4v) is 4.07. The van der Waals surface area contributed by atoms with Gasteiger partial charge in [-0.3, -0.25) is 0 Å². The Bertz CT molecular complexity index is 816. The van der Waals surface area contributed by atoms with Gasteiger partial charge in [-0.2, -0.15) is 0 Å². The summed E-state index contributed by atoms with van der Waals surface area (Å²) in [7, 11) is 0. The Kier molecular flexibility index (Phi) is 11.2. The largest absolute Gasteiger partial charge is 0.396 e. The molecule has 0 aliphatic heterocycles. The van der Waals surface area contributed by atoms with Gasteiger partial charge in [-0.05, 0) is 24.0 Å². The minimum absolute atomic E-state index is 0.0666. The van der Waals surface area contributed by atoms with Gasteiger partial charge in [0.1, 0.15) is 36.6 Å². The van der Waals surface area contributed by atoms with Crippen molar-refractivity contribution in [1.29, 1.82) is 0 Å². The number of hydrogen-bond acceptors (Lipinski definition) is 7. The van der Waals surface area contributed by atoms with Crippen LogP contribution in [0.2, 0.25) is 0 Å². The quantitative estimate of drug-likeness (QED) is 0.287. The van der Waals surface area contributed by atoms with Crippen LogP contribution in [0.25, 0.3) is 0 Å². The third-order valence-corrected chi connectivity index (χ3v) is 5.83. The number of rotatable bonds is 14. The lowest BCUT2D eigenvalue weighted by molar-refractivity contribution is -0.267. The Hall–Kier alpha value is -2.10. The zero-order valence-electron chi connectivity index (χ0n) is 19.4. The van der Waals surface area contributed by atoms with Crippen LogP contribution in [0.15, 0.2) is 73.3 Å². The Morgan fingerprint density at radius 3 is 1.74 bits per heavy atom. The van der Waals surface area contributed by atoms with Crippen LogP contribution < -0.4 is 0 Å². The fourth-order valence-electron chi connectivity index (χ4n) is 4.07. The highest BCUT2D eigenvalue weighted by Crippen LogP contribution is 2.31. The summed E-state index contributed by atoms with van der Waals surface area (Å²) in [6.07, 6.45) is -2.73. The van der Waals surface area contributed by atoms with Crippen molar-refractivity contribution >= 4 is 0 Å². The molecule has 3 N–H and O–H groups in total. The summed E-state index contributed by atoms with van der Waals surface area (Å²) >= 11 is 0. The van der Waals surface area contributed by atoms with Gasteiger partial charge in [-0.25, -0.2) is 0 Å². The molecule has 186 valence electrons. The lowest BCUT2D eigenvalue weighted by Crippen LogP contribution is -2.66. The Morgan fingerprint density at radius 2 is 1.21 bits per heavy atom. The third-order valence-electron chi connectivity index (χ3n) is 5.83. The molecule has 2 aromatic carbocycles. The van der Waals surface area contributed by atoms with Gasteiger partial charge in [0.25, 0.3) is 0 Å². The van der Waals surface area contributed by atoms with E-state index in [0.29, 0.717) is 19.4 Å². The zero-order chi connectivity index (χ0) is 24.2. The van der Waals surface area contributed by atoms with Gasteiger partial charge in [0.05, 0.1) is 19.8 Å². The molecule has 1 fully saturated rings. The maximum Gasteiger partial charge on any atom is 0.115 e. The van der Waals surface area contributed by atoms with Crippen molar-refractivity contribution in [3.05, 3.63) is 84.4 Å². The van der Waals surface area contributed by atoms with Crippen molar-refractivity contribution in [1.82, 2.24) is 0 Å². The Balaban J connectivity index is 1.79. The molecule has 1 saturated carbocycles. The first-order chi connectivity index (χ1) is 16.7. The van der Waals surface area contributed by atoms with Crippen molar-refractivity contribution in [2.24, 2.45) is 0 Å². The lowest BCUT2D eigenvalue weighted by atomic mass is 9.84. The number of hydrogen-bond donors (Lipinski definition) is 3. The molecular formula is C27H36O7. The van der Waals surface area contributed by atoms with E-state index in [1.165, 1.54) is 0 Å². The maximum atomic E-state index is 11.2. The molecular weight excluding hydrogens is 436 g/mol. The second kappa shape index (κ2) is 14.3. The van der Waals surface area contributed by atoms with Crippen LogP contribution >= 0.6 is 0 Å². The van der Waals surface area contributed by atoms with E-state index < -0.39 is 36.6 Å². The highest BCUT2D eigenvalue weighted by atomic mass is 16.6. The molecule has 0 amide bonds. The summed E-state index contributed by atoms with van der Waals surface area (Å²) in [5.41, 5.74) is 1.88. The SMILES string of the molecule is C=CCO[C@@H]1[C@H](O)[C@@H](OCc2ccccc2)[C@@H](O)[C@H](OCCCCO)[C@@H]1OCc1ccccc1. The van der Waals surface area contributed by atoms with E-state index in [9.17, 15) is 10.2 Å². The summed E-state index contributed by atoms with van der Waals surface area (Å²) in [6, 6.07) is 19.2. The lowest BCUT2D eigenvalue weighted by Gasteiger charge is -2.46. The molecule has 1 aliphatic carbocycles. The first kappa shape index (κ1) is 26.5. The zero-order valence-corrected chi connectivity index (χ0v) is 19.4. The third kappa shape index (κ3) is 7.45. The average molecular weight is 473 g/mol. The number of benzene rings is 2. The molecule has 0 unspecified atom stereocenters. The normalized spacial score (nSPS) is 26.9. The van der Waals surface area contributed by atoms with Gasteiger partial charge in [-0.1, -0.05) is 66.7 Å². The number of aliphatic hydroxyl groups excluding tert-OH is 3. The minimum atomic E-state index is -1.14. The van der Waals surface area contributed by atoms with Crippen molar-refractivity contribution in [2.75, 3.05) is 19.8 Å². The van der Waals surface area contributed by atoms with Crippen molar-refractivity contribution in [2.45, 2.75) is 62.7 Å². The summed E-state index contributed by atoms with van der Waals surface area (Å²) in [4.78, 5) is 0. The summed E-state index contributed by atoms with van der Waals surface area (Å²) in [6.45, 7) is 4.79. The first-order valence-corrected chi connectivity index (χ1v) is 11.8. The van der Waals surface area contributed by atoms with Crippen LogP contribution in [0.4, 0.5) is 0 Å². The van der Waals surface area contributed by atoms with Crippen LogP contribution in [-0.2, 0) is 32.2 Å². The van der Waals surface area contributed by atoms with Crippen molar-refractivity contribution < 1.29 is 34.3 Å². The second-order valence-electron chi connectivity index (χ2n) is 8.36. The Labute approximate surface area is 201 Å². The molecule has 1 aliphatic rings. The molecule has 3 rings (SSSR count). The molecule has 7 nitrogen and oxygen atoms in total. The molecule has 0 heterocycles. The van der Waals surface area contributed by atoms with E-state index >= 15 is 0 Å². The summed E-state index contributed by atoms with van der Waals surface area (Å²) in [5.74, 6) is 0. The predicted octanol–water partition coefficient (Wildman–Crippen LogP) is 2.62. The molecule has 2 aromatic rings. The van der Waals surface area contributed by atoms with Gasteiger partial charge in [0, 0.05) is 13.2 Å². The molecule has 0 aromatic heterocycles. The molecule has 0 spiro atoms. The standard InChI is InChI=1S/C27H36O7/c1-2-16-31-25-22(29)24(33-18-20-11-5-3-6-12-20)23(30)26(32-17-10-9-15-28)27(25)34-19-21-13-7-4-8-14-21/h2-8,11-14,22-30H,1,9-10,15-19H2/t22-,23-,24-,25-,26+,27-/m1/s1. The van der Waals surface area contributed by atoms with Crippen LogP contribution in [0.1, 0.15) is 24.0 Å². The van der Waals surface area contributed by atoms with Gasteiger partial charge in [-0.15, -0.1) is 6.58 Å². The second-order valence-corrected chi connectivity index (χ2v) is 8.36. The van der Waals surface area contributed by atoms with Gasteiger partial charge in [0.15, 0.2) is 0 Å². The van der Waals surface area contributed by atoms with Crippen LogP contribution in [0, 0.1) is 0 Å². The van der Waals surface area contributed by atoms with E-state index in [2.05, 4.69) is 6.58 Å². The molecule has 0 saturated heterocycles. The van der Waals surface area contributed by atoms with E-state index in [1.807, 2.05) is 60.7 Å². The fraction of sp³-hybridized carbons (Fsp3) is 0.481. The van der Waals surface area contributed by atoms with Crippen LogP contribution in [0.3, 0.4) is 0 Å². The van der Waals surface area contributed by atoms with E-state index in [4.69, 9.17) is 24.1 Å². The van der Waals surface area contributed by atoms with Crippen molar-refractivity contribution in [3.63, 3.8) is 0 Å². The molecule has 0 radical (unpaired) electrons. The summed E-state index contributed by atoms with van der Waals surface area (Å²) in [5, 5.41) is 31.5. The summed E-state index contributed by atoms with van der Waals surface area (Å²) < 4.78 is 24.2. The topological polar surface area (TPSA) is 97.6 Å².